The third-order valence-corrected chi connectivity index (χ3v) is 8.86. The van der Waals surface area contributed by atoms with Gasteiger partial charge in [-0.25, -0.2) is 14.0 Å². The van der Waals surface area contributed by atoms with Gasteiger partial charge in [0, 0.05) is 54.3 Å². The molecule has 0 unspecified atom stereocenters. The molecule has 2 aliphatic rings. The summed E-state index contributed by atoms with van der Waals surface area (Å²) in [6.45, 7) is 10.0. The fourth-order valence-electron chi connectivity index (χ4n) is 5.34. The van der Waals surface area contributed by atoms with E-state index in [1.165, 1.54) is 27.2 Å². The predicted molar refractivity (Wildman–Crippen MR) is 167 cm³/mol. The lowest BCUT2D eigenvalue weighted by molar-refractivity contribution is -0.134. The number of rotatable bonds is 7. The fraction of sp³-hybridized carbons (Fsp3) is 0.324. The van der Waals surface area contributed by atoms with Crippen LogP contribution in [0.3, 0.4) is 0 Å². The van der Waals surface area contributed by atoms with Crippen LogP contribution in [0.1, 0.15) is 65.0 Å². The van der Waals surface area contributed by atoms with Crippen molar-refractivity contribution in [2.75, 3.05) is 19.6 Å². The second-order valence-corrected chi connectivity index (χ2v) is 12.4. The van der Waals surface area contributed by atoms with Crippen molar-refractivity contribution in [2.24, 2.45) is 0 Å². The van der Waals surface area contributed by atoms with Crippen molar-refractivity contribution < 1.29 is 29.0 Å². The monoisotopic (exact) mass is 604 g/mol. The number of carbonyl (C=O) groups excluding carboxylic acids is 1. The number of nitrogens with zero attached hydrogens (tertiary/aromatic N) is 2. The van der Waals surface area contributed by atoms with Crippen molar-refractivity contribution >= 4 is 34.8 Å². The maximum Gasteiger partial charge on any atom is 0.328 e. The molecule has 0 saturated carbocycles. The summed E-state index contributed by atoms with van der Waals surface area (Å²) in [4.78, 5) is 37.8. The number of piperidine rings is 1. The molecule has 3 heterocycles. The third-order valence-electron chi connectivity index (χ3n) is 7.79. The highest BCUT2D eigenvalue weighted by Gasteiger charge is 2.39. The Morgan fingerprint density at radius 3 is 2.09 bits per heavy atom. The number of carboxylic acids is 2. The van der Waals surface area contributed by atoms with E-state index >= 15 is 0 Å². The SMILES string of the molecule is Cc1csc(C(=C2CCN(Cc3cccc(C(=O)N4CCC4(C)C)c3)CC2)c2ccc(F)cc2)c1.O=C(O)C=CC(=O)O. The Hall–Kier alpha value is -4.08. The summed E-state index contributed by atoms with van der Waals surface area (Å²) in [6.07, 6.45) is 4.16. The first-order chi connectivity index (χ1) is 20.4. The molecular formula is C34H37FN2O5S. The van der Waals surface area contributed by atoms with E-state index in [1.807, 2.05) is 29.2 Å². The number of carbonyl (C=O) groups is 3. The highest BCUT2D eigenvalue weighted by molar-refractivity contribution is 7.11. The summed E-state index contributed by atoms with van der Waals surface area (Å²) < 4.78 is 13.6. The van der Waals surface area contributed by atoms with Crippen molar-refractivity contribution in [3.05, 3.63) is 111 Å². The number of halogens is 1. The summed E-state index contributed by atoms with van der Waals surface area (Å²) in [5.74, 6) is -2.57. The van der Waals surface area contributed by atoms with Crippen LogP contribution in [-0.2, 0) is 16.1 Å². The zero-order valence-corrected chi connectivity index (χ0v) is 25.5. The van der Waals surface area contributed by atoms with Gasteiger partial charge >= 0.3 is 11.9 Å². The minimum absolute atomic E-state index is 0.0357. The Morgan fingerprint density at radius 1 is 0.930 bits per heavy atom. The lowest BCUT2D eigenvalue weighted by Crippen LogP contribution is -2.58. The van der Waals surface area contributed by atoms with Gasteiger partial charge in [0.05, 0.1) is 0 Å². The molecule has 2 aliphatic heterocycles. The summed E-state index contributed by atoms with van der Waals surface area (Å²) in [7, 11) is 0. The van der Waals surface area contributed by atoms with Gasteiger partial charge in [-0.2, -0.15) is 0 Å². The molecule has 2 fully saturated rings. The highest BCUT2D eigenvalue weighted by atomic mass is 32.1. The first-order valence-electron chi connectivity index (χ1n) is 14.2. The Kier molecular flexibility index (Phi) is 10.3. The molecule has 5 rings (SSSR count). The van der Waals surface area contributed by atoms with E-state index in [1.54, 1.807) is 23.5 Å². The summed E-state index contributed by atoms with van der Waals surface area (Å²) in [6, 6.07) is 17.3. The van der Waals surface area contributed by atoms with E-state index in [0.717, 1.165) is 56.6 Å². The van der Waals surface area contributed by atoms with Crippen LogP contribution in [0.5, 0.6) is 0 Å². The molecule has 2 aromatic carbocycles. The van der Waals surface area contributed by atoms with Crippen LogP contribution >= 0.6 is 11.3 Å². The van der Waals surface area contributed by atoms with E-state index in [2.05, 4.69) is 49.3 Å². The third kappa shape index (κ3) is 8.49. The van der Waals surface area contributed by atoms with Crippen LogP contribution < -0.4 is 0 Å². The van der Waals surface area contributed by atoms with E-state index < -0.39 is 11.9 Å². The van der Waals surface area contributed by atoms with Gasteiger partial charge < -0.3 is 15.1 Å². The second-order valence-electron chi connectivity index (χ2n) is 11.5. The van der Waals surface area contributed by atoms with E-state index in [9.17, 15) is 18.8 Å². The maximum absolute atomic E-state index is 13.6. The number of thiophene rings is 1. The number of carboxylic acid groups (broad SMARTS) is 2. The minimum atomic E-state index is -1.26. The van der Waals surface area contributed by atoms with Crippen molar-refractivity contribution in [3.63, 3.8) is 0 Å². The van der Waals surface area contributed by atoms with Gasteiger partial charge in [-0.15, -0.1) is 11.3 Å². The van der Waals surface area contributed by atoms with Crippen LogP contribution in [0.2, 0.25) is 0 Å². The van der Waals surface area contributed by atoms with Crippen molar-refractivity contribution in [2.45, 2.75) is 52.1 Å². The molecule has 0 radical (unpaired) electrons. The lowest BCUT2D eigenvalue weighted by atomic mass is 9.88. The minimum Gasteiger partial charge on any atom is -0.478 e. The first-order valence-corrected chi connectivity index (χ1v) is 15.1. The van der Waals surface area contributed by atoms with Gasteiger partial charge in [0.25, 0.3) is 5.91 Å². The molecule has 0 spiro atoms. The topological polar surface area (TPSA) is 98.2 Å². The number of hydrogen-bond donors (Lipinski definition) is 2. The molecule has 226 valence electrons. The van der Waals surface area contributed by atoms with E-state index in [-0.39, 0.29) is 17.3 Å². The van der Waals surface area contributed by atoms with Gasteiger partial charge in [0.1, 0.15) is 5.82 Å². The van der Waals surface area contributed by atoms with Gasteiger partial charge in [-0.05, 0) is 98.0 Å². The zero-order chi connectivity index (χ0) is 31.1. The van der Waals surface area contributed by atoms with Crippen LogP contribution in [-0.4, -0.2) is 63.0 Å². The van der Waals surface area contributed by atoms with E-state index in [4.69, 9.17) is 10.2 Å². The van der Waals surface area contributed by atoms with Crippen LogP contribution in [0.25, 0.3) is 5.57 Å². The Balaban J connectivity index is 0.000000467. The van der Waals surface area contributed by atoms with Crippen LogP contribution in [0.4, 0.5) is 4.39 Å². The molecular weight excluding hydrogens is 567 g/mol. The quantitative estimate of drug-likeness (QED) is 0.294. The van der Waals surface area contributed by atoms with Crippen LogP contribution in [0, 0.1) is 12.7 Å². The summed E-state index contributed by atoms with van der Waals surface area (Å²) >= 11 is 1.77. The Bertz CT molecular complexity index is 1510. The largest absolute Gasteiger partial charge is 0.478 e. The van der Waals surface area contributed by atoms with Crippen molar-refractivity contribution in [3.8, 4) is 0 Å². The molecule has 7 nitrogen and oxygen atoms in total. The van der Waals surface area contributed by atoms with Gasteiger partial charge in [0.15, 0.2) is 0 Å². The van der Waals surface area contributed by atoms with E-state index in [0.29, 0.717) is 12.2 Å². The molecule has 9 heteroatoms. The normalized spacial score (nSPS) is 16.3. The molecule has 2 saturated heterocycles. The molecule has 0 atom stereocenters. The van der Waals surface area contributed by atoms with Gasteiger partial charge in [0.2, 0.25) is 0 Å². The smallest absolute Gasteiger partial charge is 0.328 e. The number of aryl methyl sites for hydroxylation is 1. The number of likely N-dealkylation sites (tertiary alicyclic amines) is 2. The number of aliphatic carboxylic acids is 2. The Labute approximate surface area is 255 Å². The van der Waals surface area contributed by atoms with Crippen LogP contribution in [0.15, 0.2) is 77.7 Å². The average Bonchev–Trinajstić information content (AvgIpc) is 3.39. The first kappa shape index (κ1) is 31.8. The lowest BCUT2D eigenvalue weighted by Gasteiger charge is -2.48. The number of hydrogen-bond acceptors (Lipinski definition) is 5. The maximum atomic E-state index is 13.6. The molecule has 0 bridgehead atoms. The Morgan fingerprint density at radius 2 is 1.58 bits per heavy atom. The molecule has 1 aromatic heterocycles. The highest BCUT2D eigenvalue weighted by Crippen LogP contribution is 2.36. The molecule has 43 heavy (non-hydrogen) atoms. The zero-order valence-electron chi connectivity index (χ0n) is 24.7. The second kappa shape index (κ2) is 13.9. The number of benzene rings is 2. The van der Waals surface area contributed by atoms with Crippen molar-refractivity contribution in [1.29, 1.82) is 0 Å². The van der Waals surface area contributed by atoms with Crippen molar-refractivity contribution in [1.82, 2.24) is 9.80 Å². The van der Waals surface area contributed by atoms with Gasteiger partial charge in [-0.3, -0.25) is 9.69 Å². The number of amides is 1. The van der Waals surface area contributed by atoms with Gasteiger partial charge in [-0.1, -0.05) is 29.8 Å². The summed E-state index contributed by atoms with van der Waals surface area (Å²) in [5.41, 5.74) is 7.02. The standard InChI is InChI=1S/C30H33FN2OS.C4H4O4/c1-21-17-27(35-20-21)28(23-7-9-26(31)10-8-23)24-11-14-32(15-12-24)19-22-5-4-6-25(18-22)29(34)33-16-13-30(33,2)3;5-3(6)1-2-4(7)8/h4-10,17-18,20H,11-16,19H2,1-3H3;1-2H,(H,5,6)(H,7,8). The fourth-order valence-corrected chi connectivity index (χ4v) is 6.35. The predicted octanol–water partition coefficient (Wildman–Crippen LogP) is 6.63. The average molecular weight is 605 g/mol. The summed E-state index contributed by atoms with van der Waals surface area (Å²) in [5, 5.41) is 17.8. The molecule has 1 amide bonds. The molecule has 2 N–H and O–H groups in total. The molecule has 3 aromatic rings. The molecule has 0 aliphatic carbocycles.